The zero-order chi connectivity index (χ0) is 25.9. The topological polar surface area (TPSA) is 62.7 Å². The van der Waals surface area contributed by atoms with Crippen LogP contribution in [0.1, 0.15) is 11.4 Å². The highest BCUT2D eigenvalue weighted by Crippen LogP contribution is 2.32. The molecule has 6 heteroatoms. The minimum absolute atomic E-state index is 0.220. The van der Waals surface area contributed by atoms with E-state index in [9.17, 15) is 0 Å². The molecule has 0 bridgehead atoms. The van der Waals surface area contributed by atoms with Gasteiger partial charge < -0.3 is 18.9 Å². The first-order valence-electron chi connectivity index (χ1n) is 12.4. The second-order valence-corrected chi connectivity index (χ2v) is 8.88. The summed E-state index contributed by atoms with van der Waals surface area (Å²) in [4.78, 5) is 9.84. The molecule has 1 heterocycles. The molecule has 0 aliphatic rings. The van der Waals surface area contributed by atoms with E-state index in [1.54, 1.807) is 14.2 Å². The third kappa shape index (κ3) is 4.64. The fourth-order valence-electron chi connectivity index (χ4n) is 4.54. The van der Waals surface area contributed by atoms with Crippen LogP contribution < -0.4 is 18.9 Å². The molecule has 0 spiro atoms. The summed E-state index contributed by atoms with van der Waals surface area (Å²) in [6.07, 6.45) is 0. The summed E-state index contributed by atoms with van der Waals surface area (Å²) in [5.74, 6) is 2.73. The van der Waals surface area contributed by atoms with Gasteiger partial charge in [0.1, 0.15) is 58.6 Å². The molecular weight excluding hydrogens is 476 g/mol. The van der Waals surface area contributed by atoms with Gasteiger partial charge in [-0.1, -0.05) is 60.7 Å². The molecule has 6 rings (SSSR count). The Morgan fingerprint density at radius 2 is 0.921 bits per heavy atom. The molecule has 5 aromatic carbocycles. The Hall–Kier alpha value is -4.84. The lowest BCUT2D eigenvalue weighted by atomic mass is 10.1. The molecule has 0 aliphatic heterocycles. The number of methoxy groups -OCH3 is 2. The van der Waals surface area contributed by atoms with Crippen molar-refractivity contribution >= 4 is 32.6 Å². The molecule has 6 aromatic rings. The van der Waals surface area contributed by atoms with Crippen LogP contribution in [0, 0.1) is 0 Å². The molecule has 0 radical (unpaired) electrons. The van der Waals surface area contributed by atoms with Crippen molar-refractivity contribution in [3.05, 3.63) is 108 Å². The Morgan fingerprint density at radius 1 is 0.500 bits per heavy atom. The van der Waals surface area contributed by atoms with Gasteiger partial charge in [0.2, 0.25) is 0 Å². The molecule has 0 saturated heterocycles. The maximum Gasteiger partial charge on any atom is 0.146 e. The second kappa shape index (κ2) is 10.3. The van der Waals surface area contributed by atoms with Crippen molar-refractivity contribution in [2.24, 2.45) is 0 Å². The number of rotatable bonds is 8. The number of ether oxygens (including phenoxy) is 4. The van der Waals surface area contributed by atoms with E-state index in [-0.39, 0.29) is 13.2 Å². The van der Waals surface area contributed by atoms with Gasteiger partial charge in [-0.05, 0) is 57.9 Å². The molecule has 188 valence electrons. The molecule has 0 unspecified atom stereocenters. The smallest absolute Gasteiger partial charge is 0.146 e. The predicted molar refractivity (Wildman–Crippen MR) is 149 cm³/mol. The van der Waals surface area contributed by atoms with Crippen molar-refractivity contribution in [1.82, 2.24) is 9.97 Å². The number of benzene rings is 5. The molecule has 0 atom stereocenters. The first kappa shape index (κ1) is 23.6. The summed E-state index contributed by atoms with van der Waals surface area (Å²) >= 11 is 0. The summed E-state index contributed by atoms with van der Waals surface area (Å²) in [6.45, 7) is 0.441. The molecule has 0 amide bonds. The molecule has 0 N–H and O–H groups in total. The molecular formula is C32H26N2O4. The number of aromatic nitrogens is 2. The van der Waals surface area contributed by atoms with Crippen LogP contribution in [0.15, 0.2) is 97.1 Å². The van der Waals surface area contributed by atoms with Crippen LogP contribution in [-0.2, 0) is 13.2 Å². The number of hydrogen-bond acceptors (Lipinski definition) is 6. The van der Waals surface area contributed by atoms with Gasteiger partial charge >= 0.3 is 0 Å². The van der Waals surface area contributed by atoms with E-state index in [1.807, 2.05) is 72.8 Å². The van der Waals surface area contributed by atoms with Crippen LogP contribution in [0.4, 0.5) is 0 Å². The first-order chi connectivity index (χ1) is 18.7. The number of hydrogen-bond donors (Lipinski definition) is 0. The summed E-state index contributed by atoms with van der Waals surface area (Å²) in [6, 6.07) is 32.1. The van der Waals surface area contributed by atoms with E-state index in [1.165, 1.54) is 0 Å². The van der Waals surface area contributed by atoms with E-state index < -0.39 is 0 Å². The van der Waals surface area contributed by atoms with Gasteiger partial charge in [0.15, 0.2) is 0 Å². The molecule has 0 fully saturated rings. The van der Waals surface area contributed by atoms with Crippen LogP contribution in [0.2, 0.25) is 0 Å². The number of nitrogens with zero attached hydrogens (tertiary/aromatic N) is 2. The highest BCUT2D eigenvalue weighted by atomic mass is 16.5. The fraction of sp³-hybridized carbons (Fsp3) is 0.125. The fourth-order valence-corrected chi connectivity index (χ4v) is 4.54. The molecule has 38 heavy (non-hydrogen) atoms. The van der Waals surface area contributed by atoms with Gasteiger partial charge in [-0.25, -0.2) is 9.97 Å². The van der Waals surface area contributed by atoms with Crippen molar-refractivity contribution in [3.63, 3.8) is 0 Å². The summed E-state index contributed by atoms with van der Waals surface area (Å²) in [7, 11) is 3.23. The summed E-state index contributed by atoms with van der Waals surface area (Å²) < 4.78 is 23.5. The third-order valence-corrected chi connectivity index (χ3v) is 6.54. The standard InChI is InChI=1S/C32H26N2O4/c1-35-29-15-16-30(36-2)32-31(29)33-27(19-37-25-13-11-21-7-3-5-9-23(21)17-25)28(34-32)20-38-26-14-12-22-8-4-6-10-24(22)18-26/h3-18H,19-20H2,1-2H3. The predicted octanol–water partition coefficient (Wildman–Crippen LogP) is 7.11. The van der Waals surface area contributed by atoms with E-state index in [4.69, 9.17) is 28.9 Å². The Balaban J connectivity index is 1.35. The summed E-state index contributed by atoms with van der Waals surface area (Å²) in [5, 5.41) is 4.54. The largest absolute Gasteiger partial charge is 0.494 e. The Labute approximate surface area is 220 Å². The summed E-state index contributed by atoms with van der Waals surface area (Å²) in [5.41, 5.74) is 2.55. The average molecular weight is 503 g/mol. The normalized spacial score (nSPS) is 11.1. The van der Waals surface area contributed by atoms with Gasteiger partial charge in [-0.15, -0.1) is 0 Å². The van der Waals surface area contributed by atoms with E-state index in [0.29, 0.717) is 33.9 Å². The van der Waals surface area contributed by atoms with E-state index in [0.717, 1.165) is 33.0 Å². The van der Waals surface area contributed by atoms with Gasteiger partial charge in [-0.3, -0.25) is 0 Å². The number of fused-ring (bicyclic) bond motifs is 3. The van der Waals surface area contributed by atoms with Crippen molar-refractivity contribution in [1.29, 1.82) is 0 Å². The van der Waals surface area contributed by atoms with Crippen molar-refractivity contribution in [2.75, 3.05) is 14.2 Å². The van der Waals surface area contributed by atoms with Gasteiger partial charge in [0.05, 0.1) is 14.2 Å². The Bertz CT molecular complexity index is 1640. The molecule has 1 aromatic heterocycles. The van der Waals surface area contributed by atoms with Gasteiger partial charge in [0, 0.05) is 0 Å². The maximum absolute atomic E-state index is 6.20. The first-order valence-corrected chi connectivity index (χ1v) is 12.4. The van der Waals surface area contributed by atoms with Crippen molar-refractivity contribution in [2.45, 2.75) is 13.2 Å². The SMILES string of the molecule is COc1ccc(OC)c2nc(COc3ccc4ccccc4c3)c(COc3ccc4ccccc4c3)nc12. The van der Waals surface area contributed by atoms with Crippen LogP contribution >= 0.6 is 0 Å². The van der Waals surface area contributed by atoms with Crippen LogP contribution in [0.3, 0.4) is 0 Å². The quantitative estimate of drug-likeness (QED) is 0.221. The molecule has 0 aliphatic carbocycles. The lowest BCUT2D eigenvalue weighted by Gasteiger charge is -2.15. The van der Waals surface area contributed by atoms with Crippen molar-refractivity contribution < 1.29 is 18.9 Å². The lowest BCUT2D eigenvalue weighted by Crippen LogP contribution is -2.10. The van der Waals surface area contributed by atoms with E-state index in [2.05, 4.69) is 24.3 Å². The zero-order valence-electron chi connectivity index (χ0n) is 21.2. The monoisotopic (exact) mass is 502 g/mol. The van der Waals surface area contributed by atoms with E-state index >= 15 is 0 Å². The van der Waals surface area contributed by atoms with Gasteiger partial charge in [0.25, 0.3) is 0 Å². The zero-order valence-corrected chi connectivity index (χ0v) is 21.2. The van der Waals surface area contributed by atoms with Crippen LogP contribution in [0.25, 0.3) is 32.6 Å². The Morgan fingerprint density at radius 3 is 1.34 bits per heavy atom. The maximum atomic E-state index is 6.20. The highest BCUT2D eigenvalue weighted by molar-refractivity contribution is 5.87. The van der Waals surface area contributed by atoms with Crippen LogP contribution in [-0.4, -0.2) is 24.2 Å². The molecule has 6 nitrogen and oxygen atoms in total. The minimum Gasteiger partial charge on any atom is -0.494 e. The second-order valence-electron chi connectivity index (χ2n) is 8.88. The van der Waals surface area contributed by atoms with Crippen molar-refractivity contribution in [3.8, 4) is 23.0 Å². The minimum atomic E-state index is 0.220. The highest BCUT2D eigenvalue weighted by Gasteiger charge is 2.17. The Kier molecular flexibility index (Phi) is 6.36. The van der Waals surface area contributed by atoms with Gasteiger partial charge in [-0.2, -0.15) is 0 Å². The third-order valence-electron chi connectivity index (χ3n) is 6.54. The average Bonchev–Trinajstić information content (AvgIpc) is 2.98. The molecule has 0 saturated carbocycles. The lowest BCUT2D eigenvalue weighted by molar-refractivity contribution is 0.278. The van der Waals surface area contributed by atoms with Crippen LogP contribution in [0.5, 0.6) is 23.0 Å².